The van der Waals surface area contributed by atoms with Gasteiger partial charge in [-0.2, -0.15) is 5.26 Å². The molecule has 1 fully saturated rings. The summed E-state index contributed by atoms with van der Waals surface area (Å²) < 4.78 is 0. The first kappa shape index (κ1) is 8.55. The van der Waals surface area contributed by atoms with Crippen LogP contribution >= 0.6 is 0 Å². The molecule has 2 heteroatoms. The van der Waals surface area contributed by atoms with Gasteiger partial charge < -0.3 is 0 Å². The quantitative estimate of drug-likeness (QED) is 0.669. The van der Waals surface area contributed by atoms with Crippen molar-refractivity contribution < 1.29 is 0 Å². The average Bonchev–Trinajstić information content (AvgIpc) is 1.96. The van der Waals surface area contributed by atoms with Gasteiger partial charge in [0, 0.05) is 5.54 Å². The molecule has 0 saturated heterocycles. The Bertz CT molecular complexity index is 159. The lowest BCUT2D eigenvalue weighted by Gasteiger charge is -2.43. The molecular formula is C9H16N2. The van der Waals surface area contributed by atoms with Gasteiger partial charge in [0.15, 0.2) is 0 Å². The van der Waals surface area contributed by atoms with Crippen LogP contribution in [0.3, 0.4) is 0 Å². The zero-order chi connectivity index (χ0) is 8.32. The van der Waals surface area contributed by atoms with E-state index in [1.165, 1.54) is 19.3 Å². The number of nitrogens with one attached hydrogen (secondary N) is 1. The van der Waals surface area contributed by atoms with E-state index in [0.717, 1.165) is 6.42 Å². The van der Waals surface area contributed by atoms with Gasteiger partial charge in [-0.1, -0.05) is 6.92 Å². The third kappa shape index (κ3) is 1.72. The normalized spacial score (nSPS) is 23.4. The lowest BCUT2D eigenvalue weighted by molar-refractivity contribution is 0.170. The van der Waals surface area contributed by atoms with Crippen LogP contribution in [0.2, 0.25) is 0 Å². The zero-order valence-electron chi connectivity index (χ0n) is 7.35. The molecule has 0 spiro atoms. The fraction of sp³-hybridized carbons (Fsp3) is 0.889. The predicted molar refractivity (Wildman–Crippen MR) is 45.1 cm³/mol. The van der Waals surface area contributed by atoms with Gasteiger partial charge in [-0.15, -0.1) is 0 Å². The highest BCUT2D eigenvalue weighted by atomic mass is 15.0. The first-order valence-electron chi connectivity index (χ1n) is 4.40. The molecule has 1 rings (SSSR count). The second-order valence-electron chi connectivity index (χ2n) is 3.48. The number of hydrogen-bond donors (Lipinski definition) is 1. The van der Waals surface area contributed by atoms with Crippen LogP contribution < -0.4 is 5.32 Å². The Balaban J connectivity index is 2.39. The van der Waals surface area contributed by atoms with E-state index in [1.807, 2.05) is 6.92 Å². The molecule has 1 saturated carbocycles. The van der Waals surface area contributed by atoms with Crippen molar-refractivity contribution in [2.75, 3.05) is 0 Å². The lowest BCUT2D eigenvalue weighted by Crippen LogP contribution is -2.53. The van der Waals surface area contributed by atoms with Crippen molar-refractivity contribution in [2.45, 2.75) is 51.1 Å². The van der Waals surface area contributed by atoms with E-state index >= 15 is 0 Å². The minimum Gasteiger partial charge on any atom is -0.297 e. The largest absolute Gasteiger partial charge is 0.297 e. The molecule has 0 aliphatic heterocycles. The Kier molecular flexibility index (Phi) is 2.51. The van der Waals surface area contributed by atoms with Crippen molar-refractivity contribution in [1.82, 2.24) is 5.32 Å². The monoisotopic (exact) mass is 152 g/mol. The fourth-order valence-corrected chi connectivity index (χ4v) is 1.70. The Morgan fingerprint density at radius 3 is 2.55 bits per heavy atom. The first-order valence-corrected chi connectivity index (χ1v) is 4.40. The van der Waals surface area contributed by atoms with E-state index in [-0.39, 0.29) is 6.04 Å². The summed E-state index contributed by atoms with van der Waals surface area (Å²) in [5.41, 5.74) is 0.315. The molecule has 1 aliphatic rings. The summed E-state index contributed by atoms with van der Waals surface area (Å²) in [5, 5.41) is 12.0. The minimum absolute atomic E-state index is 0.00949. The third-order valence-electron chi connectivity index (χ3n) is 2.70. The molecule has 1 aliphatic carbocycles. The maximum Gasteiger partial charge on any atom is 0.0928 e. The second-order valence-corrected chi connectivity index (χ2v) is 3.48. The molecule has 11 heavy (non-hydrogen) atoms. The summed E-state index contributed by atoms with van der Waals surface area (Å²) >= 11 is 0. The molecule has 0 amide bonds. The van der Waals surface area contributed by atoms with E-state index in [2.05, 4.69) is 18.3 Å². The van der Waals surface area contributed by atoms with Gasteiger partial charge in [-0.05, 0) is 32.6 Å². The van der Waals surface area contributed by atoms with Gasteiger partial charge in [0.25, 0.3) is 0 Å². The number of nitriles is 1. The Morgan fingerprint density at radius 2 is 2.27 bits per heavy atom. The van der Waals surface area contributed by atoms with Crippen molar-refractivity contribution in [3.05, 3.63) is 0 Å². The molecule has 0 heterocycles. The molecule has 0 aromatic heterocycles. The average molecular weight is 152 g/mol. The molecule has 0 aromatic carbocycles. The smallest absolute Gasteiger partial charge is 0.0928 e. The minimum atomic E-state index is 0.00949. The van der Waals surface area contributed by atoms with Crippen molar-refractivity contribution in [3.63, 3.8) is 0 Å². The molecule has 2 nitrogen and oxygen atoms in total. The van der Waals surface area contributed by atoms with Gasteiger partial charge in [0.05, 0.1) is 12.1 Å². The van der Waals surface area contributed by atoms with Gasteiger partial charge in [0.1, 0.15) is 0 Å². The van der Waals surface area contributed by atoms with Crippen LogP contribution in [0.25, 0.3) is 0 Å². The first-order chi connectivity index (χ1) is 5.22. The summed E-state index contributed by atoms with van der Waals surface area (Å²) in [6, 6.07) is 2.22. The van der Waals surface area contributed by atoms with Crippen LogP contribution in [0.4, 0.5) is 0 Å². The SMILES string of the molecule is CCC1(NC(C)C#N)CCC1. The summed E-state index contributed by atoms with van der Waals surface area (Å²) in [7, 11) is 0. The molecule has 62 valence electrons. The van der Waals surface area contributed by atoms with Crippen LogP contribution in [0.1, 0.15) is 39.5 Å². The van der Waals surface area contributed by atoms with Gasteiger partial charge >= 0.3 is 0 Å². The summed E-state index contributed by atoms with van der Waals surface area (Å²) in [4.78, 5) is 0. The molecule has 0 bridgehead atoms. The second kappa shape index (κ2) is 3.23. The zero-order valence-corrected chi connectivity index (χ0v) is 7.35. The van der Waals surface area contributed by atoms with Crippen LogP contribution in [-0.4, -0.2) is 11.6 Å². The number of nitrogens with zero attached hydrogens (tertiary/aromatic N) is 1. The topological polar surface area (TPSA) is 35.8 Å². The maximum atomic E-state index is 8.60. The van der Waals surface area contributed by atoms with E-state index < -0.39 is 0 Å². The number of rotatable bonds is 3. The van der Waals surface area contributed by atoms with Crippen LogP contribution in [-0.2, 0) is 0 Å². The van der Waals surface area contributed by atoms with E-state index in [4.69, 9.17) is 5.26 Å². The molecule has 0 aromatic rings. The third-order valence-corrected chi connectivity index (χ3v) is 2.70. The van der Waals surface area contributed by atoms with Crippen molar-refractivity contribution >= 4 is 0 Å². The molecule has 1 unspecified atom stereocenters. The molecule has 0 radical (unpaired) electrons. The van der Waals surface area contributed by atoms with E-state index in [0.29, 0.717) is 5.54 Å². The highest BCUT2D eigenvalue weighted by Gasteiger charge is 2.35. The summed E-state index contributed by atoms with van der Waals surface area (Å²) in [6.07, 6.45) is 4.96. The Morgan fingerprint density at radius 1 is 1.64 bits per heavy atom. The fourth-order valence-electron chi connectivity index (χ4n) is 1.70. The highest BCUT2D eigenvalue weighted by molar-refractivity contribution is 5.00. The van der Waals surface area contributed by atoms with Gasteiger partial charge in [-0.25, -0.2) is 0 Å². The van der Waals surface area contributed by atoms with Crippen LogP contribution in [0.5, 0.6) is 0 Å². The van der Waals surface area contributed by atoms with Crippen molar-refractivity contribution in [2.24, 2.45) is 0 Å². The predicted octanol–water partition coefficient (Wildman–Crippen LogP) is 1.82. The maximum absolute atomic E-state index is 8.60. The van der Waals surface area contributed by atoms with Crippen molar-refractivity contribution in [1.29, 1.82) is 5.26 Å². The van der Waals surface area contributed by atoms with E-state index in [1.54, 1.807) is 0 Å². The standard InChI is InChI=1S/C9H16N2/c1-3-9(5-4-6-9)11-8(2)7-10/h8,11H,3-6H2,1-2H3. The molecule has 1 N–H and O–H groups in total. The molecular weight excluding hydrogens is 136 g/mol. The summed E-state index contributed by atoms with van der Waals surface area (Å²) in [5.74, 6) is 0. The van der Waals surface area contributed by atoms with Crippen molar-refractivity contribution in [3.8, 4) is 6.07 Å². The lowest BCUT2D eigenvalue weighted by atomic mass is 9.74. The van der Waals surface area contributed by atoms with Gasteiger partial charge in [-0.3, -0.25) is 5.32 Å². The van der Waals surface area contributed by atoms with Crippen LogP contribution in [0.15, 0.2) is 0 Å². The highest BCUT2D eigenvalue weighted by Crippen LogP contribution is 2.34. The number of hydrogen-bond acceptors (Lipinski definition) is 2. The van der Waals surface area contributed by atoms with Gasteiger partial charge in [0.2, 0.25) is 0 Å². The van der Waals surface area contributed by atoms with Crippen LogP contribution in [0, 0.1) is 11.3 Å². The Labute approximate surface area is 68.6 Å². The van der Waals surface area contributed by atoms with E-state index in [9.17, 15) is 0 Å². The summed E-state index contributed by atoms with van der Waals surface area (Å²) in [6.45, 7) is 4.12. The Hall–Kier alpha value is -0.550. The molecule has 1 atom stereocenters.